The van der Waals surface area contributed by atoms with Crippen LogP contribution in [-0.2, 0) is 11.3 Å². The van der Waals surface area contributed by atoms with Gasteiger partial charge in [-0.1, -0.05) is 11.6 Å². The van der Waals surface area contributed by atoms with E-state index in [-0.39, 0.29) is 11.9 Å². The maximum absolute atomic E-state index is 11.4. The lowest BCUT2D eigenvalue weighted by Crippen LogP contribution is -2.40. The molecule has 1 aromatic carbocycles. The minimum absolute atomic E-state index is 0.0505. The van der Waals surface area contributed by atoms with Crippen molar-refractivity contribution < 1.29 is 14.3 Å². The molecular weight excluding hydrogens is 280 g/mol. The molecule has 0 aromatic heterocycles. The van der Waals surface area contributed by atoms with Gasteiger partial charge in [0.2, 0.25) is 5.91 Å². The number of carbonyl (C=O) groups excluding carboxylic acids is 1. The Bertz CT molecular complexity index is 494. The number of hydrogen-bond acceptors (Lipinski definition) is 4. The number of likely N-dealkylation sites (N-methyl/N-ethyl adjacent to an activating group) is 1. The Morgan fingerprint density at radius 2 is 2.15 bits per heavy atom. The van der Waals surface area contributed by atoms with Crippen molar-refractivity contribution in [1.82, 2.24) is 10.6 Å². The number of amides is 1. The molecule has 1 heterocycles. The Hall–Kier alpha value is -1.46. The van der Waals surface area contributed by atoms with E-state index in [2.05, 4.69) is 10.6 Å². The Morgan fingerprint density at radius 1 is 1.40 bits per heavy atom. The van der Waals surface area contributed by atoms with Gasteiger partial charge >= 0.3 is 0 Å². The van der Waals surface area contributed by atoms with Crippen molar-refractivity contribution in [2.75, 3.05) is 20.3 Å². The Labute approximate surface area is 123 Å². The van der Waals surface area contributed by atoms with E-state index < -0.39 is 0 Å². The molecule has 1 amide bonds. The second-order valence-corrected chi connectivity index (χ2v) is 5.08. The number of halogens is 1. The molecule has 2 rings (SSSR count). The number of benzene rings is 1. The number of ether oxygens (including phenoxy) is 2. The molecule has 2 N–H and O–H groups in total. The number of hydrogen-bond donors (Lipinski definition) is 2. The first-order valence-corrected chi connectivity index (χ1v) is 7.02. The van der Waals surface area contributed by atoms with Crippen LogP contribution < -0.4 is 20.1 Å². The van der Waals surface area contributed by atoms with E-state index in [0.29, 0.717) is 36.3 Å². The van der Waals surface area contributed by atoms with E-state index in [4.69, 9.17) is 21.1 Å². The predicted molar refractivity (Wildman–Crippen MR) is 77.4 cm³/mol. The largest absolute Gasteiger partial charge is 0.489 e. The highest BCUT2D eigenvalue weighted by Gasteiger charge is 2.16. The average molecular weight is 299 g/mol. The highest BCUT2D eigenvalue weighted by molar-refractivity contribution is 6.32. The molecular formula is C14H19ClN2O3. The molecule has 0 saturated heterocycles. The molecule has 20 heavy (non-hydrogen) atoms. The van der Waals surface area contributed by atoms with Gasteiger partial charge in [0.1, 0.15) is 0 Å². The molecule has 1 atom stereocenters. The highest BCUT2D eigenvalue weighted by Crippen LogP contribution is 2.37. The van der Waals surface area contributed by atoms with Gasteiger partial charge in [-0.15, -0.1) is 0 Å². The average Bonchev–Trinajstić information content (AvgIpc) is 2.69. The highest BCUT2D eigenvalue weighted by atomic mass is 35.5. The third-order valence-corrected chi connectivity index (χ3v) is 3.39. The first kappa shape index (κ1) is 14.9. The van der Waals surface area contributed by atoms with Crippen LogP contribution in [-0.4, -0.2) is 32.2 Å². The third-order valence-electron chi connectivity index (χ3n) is 3.11. The quantitative estimate of drug-likeness (QED) is 0.889. The second kappa shape index (κ2) is 6.81. The van der Waals surface area contributed by atoms with Gasteiger partial charge in [0.15, 0.2) is 11.5 Å². The van der Waals surface area contributed by atoms with E-state index in [0.717, 1.165) is 12.0 Å². The van der Waals surface area contributed by atoms with Crippen LogP contribution in [0, 0.1) is 0 Å². The second-order valence-electron chi connectivity index (χ2n) is 4.67. The zero-order valence-electron chi connectivity index (χ0n) is 11.7. The van der Waals surface area contributed by atoms with Crippen molar-refractivity contribution in [2.24, 2.45) is 0 Å². The fourth-order valence-electron chi connectivity index (χ4n) is 1.97. The molecule has 0 radical (unpaired) electrons. The monoisotopic (exact) mass is 298 g/mol. The Balaban J connectivity index is 2.08. The summed E-state index contributed by atoms with van der Waals surface area (Å²) in [5, 5.41) is 6.27. The summed E-state index contributed by atoms with van der Waals surface area (Å²) in [6, 6.07) is 3.46. The lowest BCUT2D eigenvalue weighted by molar-refractivity contribution is -0.122. The lowest BCUT2D eigenvalue weighted by Gasteiger charge is -2.14. The van der Waals surface area contributed by atoms with Crippen LogP contribution in [0.1, 0.15) is 18.9 Å². The fraction of sp³-hybridized carbons (Fsp3) is 0.500. The summed E-state index contributed by atoms with van der Waals surface area (Å²) in [6.45, 7) is 3.57. The molecule has 0 fully saturated rings. The molecule has 110 valence electrons. The van der Waals surface area contributed by atoms with Gasteiger partial charge in [-0.05, 0) is 24.6 Å². The minimum atomic E-state index is -0.269. The van der Waals surface area contributed by atoms with Gasteiger partial charge in [0.05, 0.1) is 24.3 Å². The summed E-state index contributed by atoms with van der Waals surface area (Å²) in [6.07, 6.45) is 0.840. The van der Waals surface area contributed by atoms with Crippen molar-refractivity contribution in [3.05, 3.63) is 22.7 Å². The zero-order valence-corrected chi connectivity index (χ0v) is 12.4. The molecule has 1 aliphatic rings. The summed E-state index contributed by atoms with van der Waals surface area (Å²) in [5.41, 5.74) is 0.954. The molecule has 0 saturated carbocycles. The van der Waals surface area contributed by atoms with Crippen LogP contribution in [0.25, 0.3) is 0 Å². The van der Waals surface area contributed by atoms with Crippen LogP contribution >= 0.6 is 11.6 Å². The third kappa shape index (κ3) is 3.55. The number of rotatable bonds is 4. The van der Waals surface area contributed by atoms with Gasteiger partial charge in [-0.2, -0.15) is 0 Å². The van der Waals surface area contributed by atoms with Gasteiger partial charge < -0.3 is 20.1 Å². The summed E-state index contributed by atoms with van der Waals surface area (Å²) in [4.78, 5) is 11.4. The van der Waals surface area contributed by atoms with Gasteiger partial charge in [0, 0.05) is 20.0 Å². The van der Waals surface area contributed by atoms with Crippen LogP contribution in [0.2, 0.25) is 5.02 Å². The van der Waals surface area contributed by atoms with E-state index in [1.54, 1.807) is 7.05 Å². The van der Waals surface area contributed by atoms with Crippen LogP contribution in [0.4, 0.5) is 0 Å². The van der Waals surface area contributed by atoms with Crippen LogP contribution in [0.15, 0.2) is 12.1 Å². The predicted octanol–water partition coefficient (Wildman–Crippen LogP) is 1.73. The molecule has 0 spiro atoms. The fourth-order valence-corrected chi connectivity index (χ4v) is 2.25. The molecule has 6 heteroatoms. The number of fused-ring (bicyclic) bond motifs is 1. The van der Waals surface area contributed by atoms with Crippen molar-refractivity contribution in [1.29, 1.82) is 0 Å². The smallest absolute Gasteiger partial charge is 0.236 e. The molecule has 1 aliphatic heterocycles. The van der Waals surface area contributed by atoms with Crippen LogP contribution in [0.3, 0.4) is 0 Å². The molecule has 5 nitrogen and oxygen atoms in total. The molecule has 1 aromatic rings. The Kier molecular flexibility index (Phi) is 5.09. The first-order valence-electron chi connectivity index (χ1n) is 6.65. The van der Waals surface area contributed by atoms with E-state index in [1.165, 1.54) is 0 Å². The summed E-state index contributed by atoms with van der Waals surface area (Å²) >= 11 is 6.21. The Morgan fingerprint density at radius 3 is 2.90 bits per heavy atom. The summed E-state index contributed by atoms with van der Waals surface area (Å²) in [5.74, 6) is 1.22. The van der Waals surface area contributed by atoms with Crippen LogP contribution in [0.5, 0.6) is 11.5 Å². The normalized spacial score (nSPS) is 15.3. The topological polar surface area (TPSA) is 59.6 Å². The molecule has 0 aliphatic carbocycles. The standard InChI is InChI=1S/C14H19ClN2O3/c1-9(14(18)16-2)17-8-10-6-11(15)13-12(7-10)19-4-3-5-20-13/h6-7,9,17H,3-5,8H2,1-2H3,(H,16,18). The summed E-state index contributed by atoms with van der Waals surface area (Å²) in [7, 11) is 1.62. The maximum Gasteiger partial charge on any atom is 0.236 e. The van der Waals surface area contributed by atoms with E-state index >= 15 is 0 Å². The number of nitrogens with one attached hydrogen (secondary N) is 2. The van der Waals surface area contributed by atoms with Gasteiger partial charge in [-0.25, -0.2) is 0 Å². The van der Waals surface area contributed by atoms with Crippen molar-refractivity contribution in [2.45, 2.75) is 25.9 Å². The minimum Gasteiger partial charge on any atom is -0.489 e. The lowest BCUT2D eigenvalue weighted by atomic mass is 10.2. The van der Waals surface area contributed by atoms with Crippen molar-refractivity contribution in [3.63, 3.8) is 0 Å². The van der Waals surface area contributed by atoms with Gasteiger partial charge in [-0.3, -0.25) is 4.79 Å². The number of carbonyl (C=O) groups is 1. The van der Waals surface area contributed by atoms with Crippen molar-refractivity contribution in [3.8, 4) is 11.5 Å². The van der Waals surface area contributed by atoms with E-state index in [9.17, 15) is 4.79 Å². The SMILES string of the molecule is CNC(=O)C(C)NCc1cc(Cl)c2c(c1)OCCCO2. The first-order chi connectivity index (χ1) is 9.61. The van der Waals surface area contributed by atoms with Gasteiger partial charge in [0.25, 0.3) is 0 Å². The summed E-state index contributed by atoms with van der Waals surface area (Å²) < 4.78 is 11.2. The molecule has 0 bridgehead atoms. The van der Waals surface area contributed by atoms with E-state index in [1.807, 2.05) is 19.1 Å². The molecule has 1 unspecified atom stereocenters. The zero-order chi connectivity index (χ0) is 14.5. The maximum atomic E-state index is 11.4. The van der Waals surface area contributed by atoms with Crippen molar-refractivity contribution >= 4 is 17.5 Å².